The zero-order valence-corrected chi connectivity index (χ0v) is 18.0. The first kappa shape index (κ1) is 20.7. The first-order chi connectivity index (χ1) is 13.6. The van der Waals surface area contributed by atoms with Gasteiger partial charge in [0.1, 0.15) is 5.82 Å². The van der Waals surface area contributed by atoms with E-state index in [0.717, 1.165) is 29.8 Å². The Labute approximate surface area is 172 Å². The number of carbonyl (C=O) groups excluding carboxylic acids is 1. The molecule has 0 spiro atoms. The van der Waals surface area contributed by atoms with Crippen molar-refractivity contribution in [3.63, 3.8) is 0 Å². The summed E-state index contributed by atoms with van der Waals surface area (Å²) in [4.78, 5) is 14.7. The van der Waals surface area contributed by atoms with Crippen LogP contribution in [0.25, 0.3) is 0 Å². The number of carbonyl (C=O) groups is 1. The first-order valence-electron chi connectivity index (χ1n) is 10.3. The molecule has 1 heterocycles. The van der Waals surface area contributed by atoms with Gasteiger partial charge in [0.25, 0.3) is 0 Å². The molecule has 3 rings (SSSR count). The quantitative estimate of drug-likeness (QED) is 0.651. The van der Waals surface area contributed by atoms with E-state index >= 15 is 0 Å². The molecule has 7 heteroatoms. The molecule has 1 aromatic heterocycles. The van der Waals surface area contributed by atoms with Gasteiger partial charge in [-0.3, -0.25) is 4.79 Å². The van der Waals surface area contributed by atoms with Crippen LogP contribution in [0, 0.1) is 6.92 Å². The Hall–Kier alpha value is -2.02. The standard InChI is InChI=1S/C21H31N5OS/c1-4-25(5-2)18-13-11-17(12-14-18)22-20(27)15-28-21-24-23-16(3)26(21)19-9-7-6-8-10-19/h11-14,19H,4-10,15H2,1-3H3,(H,22,27). The number of hydrogen-bond donors (Lipinski definition) is 1. The fourth-order valence-electron chi connectivity index (χ4n) is 3.88. The number of benzene rings is 1. The Morgan fingerprint density at radius 2 is 1.82 bits per heavy atom. The lowest BCUT2D eigenvalue weighted by atomic mass is 9.95. The lowest BCUT2D eigenvalue weighted by molar-refractivity contribution is -0.113. The van der Waals surface area contributed by atoms with Crippen molar-refractivity contribution in [2.75, 3.05) is 29.1 Å². The Balaban J connectivity index is 1.56. The second kappa shape index (κ2) is 9.96. The number of amides is 1. The van der Waals surface area contributed by atoms with E-state index in [1.807, 2.05) is 19.1 Å². The fraction of sp³-hybridized carbons (Fsp3) is 0.571. The van der Waals surface area contributed by atoms with Crippen LogP contribution >= 0.6 is 11.8 Å². The van der Waals surface area contributed by atoms with Crippen LogP contribution in [0.1, 0.15) is 57.8 Å². The number of thioether (sulfide) groups is 1. The number of nitrogens with one attached hydrogen (secondary N) is 1. The molecular formula is C21H31N5OS. The van der Waals surface area contributed by atoms with E-state index in [1.165, 1.54) is 49.6 Å². The first-order valence-corrected chi connectivity index (χ1v) is 11.3. The molecule has 6 nitrogen and oxygen atoms in total. The Bertz CT molecular complexity index is 764. The lowest BCUT2D eigenvalue weighted by Crippen LogP contribution is -2.21. The maximum absolute atomic E-state index is 12.4. The van der Waals surface area contributed by atoms with Crippen LogP contribution in [0.4, 0.5) is 11.4 Å². The van der Waals surface area contributed by atoms with Gasteiger partial charge in [0.15, 0.2) is 5.16 Å². The molecule has 2 aromatic rings. The number of aryl methyl sites for hydroxylation is 1. The van der Waals surface area contributed by atoms with E-state index in [4.69, 9.17) is 0 Å². The van der Waals surface area contributed by atoms with Crippen molar-refractivity contribution >= 4 is 29.0 Å². The van der Waals surface area contributed by atoms with Crippen LogP contribution < -0.4 is 10.2 Å². The predicted octanol–water partition coefficient (Wildman–Crippen LogP) is 4.67. The van der Waals surface area contributed by atoms with Gasteiger partial charge in [-0.2, -0.15) is 0 Å². The van der Waals surface area contributed by atoms with Crippen molar-refractivity contribution in [2.45, 2.75) is 64.1 Å². The average Bonchev–Trinajstić information content (AvgIpc) is 3.09. The molecular weight excluding hydrogens is 370 g/mol. The summed E-state index contributed by atoms with van der Waals surface area (Å²) in [6.45, 7) is 8.23. The summed E-state index contributed by atoms with van der Waals surface area (Å²) in [6, 6.07) is 8.51. The molecule has 0 unspecified atom stereocenters. The molecule has 152 valence electrons. The van der Waals surface area contributed by atoms with Gasteiger partial charge >= 0.3 is 0 Å². The minimum absolute atomic E-state index is 0.0172. The summed E-state index contributed by atoms with van der Waals surface area (Å²) in [5.41, 5.74) is 2.00. The van der Waals surface area contributed by atoms with Crippen LogP contribution in [0.2, 0.25) is 0 Å². The smallest absolute Gasteiger partial charge is 0.234 e. The van der Waals surface area contributed by atoms with Gasteiger partial charge in [0.2, 0.25) is 5.91 Å². The normalized spacial score (nSPS) is 14.8. The van der Waals surface area contributed by atoms with Crippen molar-refractivity contribution in [1.29, 1.82) is 0 Å². The topological polar surface area (TPSA) is 63.1 Å². The average molecular weight is 402 g/mol. The maximum atomic E-state index is 12.4. The van der Waals surface area contributed by atoms with Crippen LogP contribution in [0.15, 0.2) is 29.4 Å². The Morgan fingerprint density at radius 1 is 1.14 bits per heavy atom. The van der Waals surface area contributed by atoms with E-state index in [0.29, 0.717) is 11.8 Å². The summed E-state index contributed by atoms with van der Waals surface area (Å²) < 4.78 is 2.23. The molecule has 0 radical (unpaired) electrons. The van der Waals surface area contributed by atoms with E-state index in [-0.39, 0.29) is 5.91 Å². The molecule has 1 fully saturated rings. The van der Waals surface area contributed by atoms with Gasteiger partial charge in [-0.25, -0.2) is 0 Å². The highest BCUT2D eigenvalue weighted by molar-refractivity contribution is 7.99. The molecule has 1 amide bonds. The van der Waals surface area contributed by atoms with E-state index in [2.05, 4.69) is 51.0 Å². The molecule has 0 saturated heterocycles. The summed E-state index contributed by atoms with van der Waals surface area (Å²) in [5.74, 6) is 1.26. The van der Waals surface area contributed by atoms with Crippen LogP contribution in [0.3, 0.4) is 0 Å². The predicted molar refractivity (Wildman–Crippen MR) is 116 cm³/mol. The fourth-order valence-corrected chi connectivity index (χ4v) is 4.73. The second-order valence-electron chi connectivity index (χ2n) is 7.25. The van der Waals surface area contributed by atoms with Gasteiger partial charge in [-0.1, -0.05) is 31.0 Å². The summed E-state index contributed by atoms with van der Waals surface area (Å²) in [6.07, 6.45) is 6.19. The molecule has 1 saturated carbocycles. The number of hydrogen-bond acceptors (Lipinski definition) is 5. The zero-order chi connectivity index (χ0) is 19.9. The lowest BCUT2D eigenvalue weighted by Gasteiger charge is -2.24. The van der Waals surface area contributed by atoms with Crippen molar-refractivity contribution < 1.29 is 4.79 Å². The van der Waals surface area contributed by atoms with Gasteiger partial charge < -0.3 is 14.8 Å². The third-order valence-corrected chi connectivity index (χ3v) is 6.33. The van der Waals surface area contributed by atoms with E-state index in [1.54, 1.807) is 0 Å². The summed E-state index contributed by atoms with van der Waals surface area (Å²) in [5, 5.41) is 12.4. The van der Waals surface area contributed by atoms with Gasteiger partial charge in [-0.15, -0.1) is 10.2 Å². The summed E-state index contributed by atoms with van der Waals surface area (Å²) >= 11 is 1.47. The van der Waals surface area contributed by atoms with Gasteiger partial charge in [-0.05, 0) is 57.9 Å². The van der Waals surface area contributed by atoms with Crippen LogP contribution in [-0.4, -0.2) is 39.5 Å². The van der Waals surface area contributed by atoms with Crippen molar-refractivity contribution in [3.05, 3.63) is 30.1 Å². The molecule has 0 bridgehead atoms. The number of anilines is 2. The third kappa shape index (κ3) is 5.07. The highest BCUT2D eigenvalue weighted by Gasteiger charge is 2.21. The molecule has 1 aliphatic rings. The van der Waals surface area contributed by atoms with Crippen LogP contribution in [-0.2, 0) is 4.79 Å². The molecule has 0 atom stereocenters. The highest BCUT2D eigenvalue weighted by Crippen LogP contribution is 2.32. The number of aromatic nitrogens is 3. The largest absolute Gasteiger partial charge is 0.372 e. The SMILES string of the molecule is CCN(CC)c1ccc(NC(=O)CSc2nnc(C)n2C2CCCCC2)cc1. The van der Waals surface area contributed by atoms with Crippen molar-refractivity contribution in [2.24, 2.45) is 0 Å². The Morgan fingerprint density at radius 3 is 2.46 bits per heavy atom. The van der Waals surface area contributed by atoms with Crippen LogP contribution in [0.5, 0.6) is 0 Å². The van der Waals surface area contributed by atoms with E-state index < -0.39 is 0 Å². The zero-order valence-electron chi connectivity index (χ0n) is 17.1. The number of nitrogens with zero attached hydrogens (tertiary/aromatic N) is 4. The molecule has 1 N–H and O–H groups in total. The number of rotatable bonds is 8. The summed E-state index contributed by atoms with van der Waals surface area (Å²) in [7, 11) is 0. The molecule has 1 aromatic carbocycles. The Kier molecular flexibility index (Phi) is 7.36. The molecule has 1 aliphatic carbocycles. The van der Waals surface area contributed by atoms with Gasteiger partial charge in [0, 0.05) is 30.5 Å². The third-order valence-electron chi connectivity index (χ3n) is 5.39. The molecule has 28 heavy (non-hydrogen) atoms. The maximum Gasteiger partial charge on any atom is 0.234 e. The minimum atomic E-state index is -0.0172. The van der Waals surface area contributed by atoms with Crippen molar-refractivity contribution in [1.82, 2.24) is 14.8 Å². The van der Waals surface area contributed by atoms with E-state index in [9.17, 15) is 4.79 Å². The monoisotopic (exact) mass is 401 g/mol. The van der Waals surface area contributed by atoms with Gasteiger partial charge in [0.05, 0.1) is 5.75 Å². The second-order valence-corrected chi connectivity index (χ2v) is 8.19. The highest BCUT2D eigenvalue weighted by atomic mass is 32.2. The minimum Gasteiger partial charge on any atom is -0.372 e. The van der Waals surface area contributed by atoms with Crippen molar-refractivity contribution in [3.8, 4) is 0 Å². The molecule has 0 aliphatic heterocycles.